The summed E-state index contributed by atoms with van der Waals surface area (Å²) in [6.07, 6.45) is 8.39. The largest absolute Gasteiger partial charge is 0.353 e. The monoisotopic (exact) mass is 383 g/mol. The van der Waals surface area contributed by atoms with E-state index >= 15 is 0 Å². The van der Waals surface area contributed by atoms with Gasteiger partial charge in [0.25, 0.3) is 0 Å². The zero-order chi connectivity index (χ0) is 19.3. The summed E-state index contributed by atoms with van der Waals surface area (Å²) in [6, 6.07) is 10.8. The highest BCUT2D eigenvalue weighted by Crippen LogP contribution is 2.28. The Morgan fingerprint density at radius 1 is 1.00 bits per heavy atom. The number of piperidine rings is 1. The summed E-state index contributed by atoms with van der Waals surface area (Å²) in [5.74, 6) is 0.855. The molecule has 152 valence electrons. The van der Waals surface area contributed by atoms with Crippen molar-refractivity contribution < 1.29 is 9.59 Å². The van der Waals surface area contributed by atoms with Crippen molar-refractivity contribution in [1.29, 1.82) is 0 Å². The first kappa shape index (κ1) is 19.4. The third-order valence-electron chi connectivity index (χ3n) is 6.87. The van der Waals surface area contributed by atoms with Crippen LogP contribution in [0.4, 0.5) is 0 Å². The Balaban J connectivity index is 1.30. The normalized spacial score (nSPS) is 25.1. The Labute approximate surface area is 168 Å². The molecule has 3 aliphatic rings. The molecule has 1 unspecified atom stereocenters. The molecule has 0 bridgehead atoms. The van der Waals surface area contributed by atoms with Gasteiger partial charge in [-0.3, -0.25) is 14.5 Å². The van der Waals surface area contributed by atoms with Gasteiger partial charge in [-0.25, -0.2) is 0 Å². The second kappa shape index (κ2) is 9.08. The molecule has 2 saturated heterocycles. The smallest absolute Gasteiger partial charge is 0.237 e. The van der Waals surface area contributed by atoms with E-state index in [1.54, 1.807) is 0 Å². The van der Waals surface area contributed by atoms with Crippen LogP contribution in [0.2, 0.25) is 0 Å². The topological polar surface area (TPSA) is 52.7 Å². The quantitative estimate of drug-likeness (QED) is 0.850. The van der Waals surface area contributed by atoms with Crippen molar-refractivity contribution in [2.45, 2.75) is 63.5 Å². The summed E-state index contributed by atoms with van der Waals surface area (Å²) in [4.78, 5) is 29.8. The van der Waals surface area contributed by atoms with Crippen LogP contribution in [-0.4, -0.2) is 59.9 Å². The number of amides is 2. The maximum absolute atomic E-state index is 13.0. The van der Waals surface area contributed by atoms with Crippen molar-refractivity contribution in [2.24, 2.45) is 5.92 Å². The van der Waals surface area contributed by atoms with Gasteiger partial charge in [0.1, 0.15) is 0 Å². The predicted molar refractivity (Wildman–Crippen MR) is 110 cm³/mol. The first-order valence-electron chi connectivity index (χ1n) is 11.1. The van der Waals surface area contributed by atoms with Crippen molar-refractivity contribution in [2.75, 3.05) is 26.2 Å². The van der Waals surface area contributed by atoms with E-state index in [1.807, 2.05) is 4.90 Å². The Kier molecular flexibility index (Phi) is 6.30. The molecular formula is C23H33N3O2. The van der Waals surface area contributed by atoms with Gasteiger partial charge < -0.3 is 10.2 Å². The Morgan fingerprint density at radius 3 is 2.43 bits per heavy atom. The summed E-state index contributed by atoms with van der Waals surface area (Å²) in [7, 11) is 0. The third kappa shape index (κ3) is 4.57. The zero-order valence-electron chi connectivity index (χ0n) is 16.8. The lowest BCUT2D eigenvalue weighted by Crippen LogP contribution is -2.59. The van der Waals surface area contributed by atoms with Crippen LogP contribution >= 0.6 is 0 Å². The van der Waals surface area contributed by atoms with Gasteiger partial charge in [0.15, 0.2) is 0 Å². The van der Waals surface area contributed by atoms with Crippen LogP contribution in [0.15, 0.2) is 30.3 Å². The van der Waals surface area contributed by atoms with Crippen molar-refractivity contribution in [3.8, 4) is 0 Å². The molecule has 3 fully saturated rings. The fourth-order valence-corrected chi connectivity index (χ4v) is 5.24. The lowest BCUT2D eigenvalue weighted by molar-refractivity contribution is -0.140. The zero-order valence-corrected chi connectivity index (χ0v) is 16.8. The van der Waals surface area contributed by atoms with Gasteiger partial charge in [0.05, 0.1) is 12.5 Å². The number of hydrogen-bond donors (Lipinski definition) is 1. The number of benzene rings is 1. The minimum Gasteiger partial charge on any atom is -0.353 e. The van der Waals surface area contributed by atoms with E-state index in [4.69, 9.17) is 0 Å². The molecule has 2 aliphatic heterocycles. The first-order chi connectivity index (χ1) is 13.7. The number of carbonyl (C=O) groups excluding carboxylic acids is 2. The molecule has 1 aromatic rings. The third-order valence-corrected chi connectivity index (χ3v) is 6.87. The molecule has 1 aromatic carbocycles. The predicted octanol–water partition coefficient (Wildman–Crippen LogP) is 2.60. The molecule has 28 heavy (non-hydrogen) atoms. The summed E-state index contributed by atoms with van der Waals surface area (Å²) in [6.45, 7) is 3.25. The summed E-state index contributed by atoms with van der Waals surface area (Å²) >= 11 is 0. The summed E-state index contributed by atoms with van der Waals surface area (Å²) < 4.78 is 0. The first-order valence-corrected chi connectivity index (χ1v) is 11.1. The number of piperazine rings is 1. The van der Waals surface area contributed by atoms with Crippen molar-refractivity contribution in [3.05, 3.63) is 35.9 Å². The number of nitrogens with zero attached hydrogens (tertiary/aromatic N) is 2. The van der Waals surface area contributed by atoms with Crippen LogP contribution in [0.1, 0.15) is 50.5 Å². The average Bonchev–Trinajstić information content (AvgIpc) is 3.25. The van der Waals surface area contributed by atoms with Gasteiger partial charge >= 0.3 is 0 Å². The van der Waals surface area contributed by atoms with E-state index < -0.39 is 0 Å². The maximum atomic E-state index is 13.0. The molecule has 0 radical (unpaired) electrons. The summed E-state index contributed by atoms with van der Waals surface area (Å²) in [5, 5.41) is 2.98. The molecule has 4 rings (SSSR count). The maximum Gasteiger partial charge on any atom is 0.237 e. The van der Waals surface area contributed by atoms with Gasteiger partial charge in [-0.15, -0.1) is 0 Å². The fourth-order valence-electron chi connectivity index (χ4n) is 5.24. The van der Waals surface area contributed by atoms with Gasteiger partial charge in [0.2, 0.25) is 11.8 Å². The minimum atomic E-state index is -0.272. The SMILES string of the molecule is O=C1NCCN(C2CCCC2)C1CC(=O)N1CCC(Cc2ccccc2)CC1. The standard InChI is InChI=1S/C23H33N3O2/c27-22(17-21-23(28)24-12-15-26(21)20-8-4-5-9-20)25-13-10-19(11-14-25)16-18-6-2-1-3-7-18/h1-3,6-7,19-21H,4-5,8-17H2,(H,24,28). The lowest BCUT2D eigenvalue weighted by atomic mass is 9.90. The Bertz CT molecular complexity index is 664. The van der Waals surface area contributed by atoms with Crippen LogP contribution in [0, 0.1) is 5.92 Å². The molecule has 0 spiro atoms. The summed E-state index contributed by atoms with van der Waals surface area (Å²) in [5.41, 5.74) is 1.39. The minimum absolute atomic E-state index is 0.0467. The van der Waals surface area contributed by atoms with E-state index in [-0.39, 0.29) is 17.9 Å². The Hall–Kier alpha value is -1.88. The van der Waals surface area contributed by atoms with E-state index in [9.17, 15) is 9.59 Å². The molecule has 5 heteroatoms. The lowest BCUT2D eigenvalue weighted by Gasteiger charge is -2.40. The molecule has 0 aromatic heterocycles. The Morgan fingerprint density at radius 2 is 1.71 bits per heavy atom. The van der Waals surface area contributed by atoms with Crippen molar-refractivity contribution in [1.82, 2.24) is 15.1 Å². The molecule has 1 N–H and O–H groups in total. The molecule has 1 saturated carbocycles. The highest BCUT2D eigenvalue weighted by atomic mass is 16.2. The highest BCUT2D eigenvalue weighted by Gasteiger charge is 2.37. The fraction of sp³-hybridized carbons (Fsp3) is 0.652. The van der Waals surface area contributed by atoms with Gasteiger partial charge in [0, 0.05) is 32.2 Å². The molecule has 1 aliphatic carbocycles. The number of hydrogen-bond acceptors (Lipinski definition) is 3. The van der Waals surface area contributed by atoms with Crippen molar-refractivity contribution in [3.63, 3.8) is 0 Å². The van der Waals surface area contributed by atoms with Gasteiger partial charge in [-0.1, -0.05) is 43.2 Å². The van der Waals surface area contributed by atoms with Gasteiger partial charge in [-0.05, 0) is 43.6 Å². The average molecular weight is 384 g/mol. The number of rotatable bonds is 5. The number of nitrogens with one attached hydrogen (secondary N) is 1. The van der Waals surface area contributed by atoms with E-state index in [2.05, 4.69) is 40.5 Å². The van der Waals surface area contributed by atoms with Crippen LogP contribution in [0.25, 0.3) is 0 Å². The number of carbonyl (C=O) groups is 2. The number of likely N-dealkylation sites (tertiary alicyclic amines) is 1. The van der Waals surface area contributed by atoms with Crippen LogP contribution in [0.5, 0.6) is 0 Å². The molecule has 1 atom stereocenters. The van der Waals surface area contributed by atoms with Gasteiger partial charge in [-0.2, -0.15) is 0 Å². The second-order valence-electron chi connectivity index (χ2n) is 8.70. The second-order valence-corrected chi connectivity index (χ2v) is 8.70. The van der Waals surface area contributed by atoms with E-state index in [0.29, 0.717) is 24.9 Å². The van der Waals surface area contributed by atoms with Crippen LogP contribution < -0.4 is 5.32 Å². The molecule has 5 nitrogen and oxygen atoms in total. The van der Waals surface area contributed by atoms with E-state index in [0.717, 1.165) is 38.9 Å². The van der Waals surface area contributed by atoms with Crippen molar-refractivity contribution >= 4 is 11.8 Å². The van der Waals surface area contributed by atoms with Crippen LogP contribution in [-0.2, 0) is 16.0 Å². The highest BCUT2D eigenvalue weighted by molar-refractivity contribution is 5.89. The van der Waals surface area contributed by atoms with Crippen LogP contribution in [0.3, 0.4) is 0 Å². The molecule has 2 heterocycles. The molecule has 2 amide bonds. The molecular weight excluding hydrogens is 350 g/mol. The van der Waals surface area contributed by atoms with E-state index in [1.165, 1.54) is 31.2 Å².